The number of carbonyl (C=O) groups is 2. The third kappa shape index (κ3) is 5.63. The topological polar surface area (TPSA) is 72.2 Å². The van der Waals surface area contributed by atoms with Crippen LogP contribution in [0.3, 0.4) is 0 Å². The Morgan fingerprint density at radius 1 is 1.14 bits per heavy atom. The second-order valence-electron chi connectivity index (χ2n) is 5.28. The van der Waals surface area contributed by atoms with Crippen LogP contribution in [-0.4, -0.2) is 23.8 Å². The zero-order valence-electron chi connectivity index (χ0n) is 12.6. The third-order valence-electron chi connectivity index (χ3n) is 3.79. The van der Waals surface area contributed by atoms with Gasteiger partial charge in [-0.2, -0.15) is 0 Å². The average Bonchev–Trinajstić information content (AvgIpc) is 2.51. The Balaban J connectivity index is 2.39. The molecule has 116 valence electrons. The first-order chi connectivity index (χ1) is 9.90. The maximum absolute atomic E-state index is 12.8. The van der Waals surface area contributed by atoms with E-state index < -0.39 is 5.54 Å². The van der Waals surface area contributed by atoms with E-state index in [1.807, 2.05) is 13.8 Å². The number of nitrogens with two attached hydrogens (primary N) is 1. The minimum atomic E-state index is -0.392. The van der Waals surface area contributed by atoms with Crippen molar-refractivity contribution in [2.75, 3.05) is 6.54 Å². The molecule has 1 aromatic rings. The lowest BCUT2D eigenvalue weighted by Gasteiger charge is -2.26. The molecule has 0 aromatic heterocycles. The Morgan fingerprint density at radius 2 is 1.71 bits per heavy atom. The van der Waals surface area contributed by atoms with Crippen LogP contribution in [0.25, 0.3) is 0 Å². The molecule has 0 saturated carbocycles. The van der Waals surface area contributed by atoms with Crippen LogP contribution in [0.5, 0.6) is 0 Å². The molecule has 0 aliphatic heterocycles. The molecule has 0 aliphatic rings. The lowest BCUT2D eigenvalue weighted by molar-refractivity contribution is -0.121. The van der Waals surface area contributed by atoms with Crippen molar-refractivity contribution in [3.8, 4) is 0 Å². The highest BCUT2D eigenvalue weighted by Crippen LogP contribution is 2.10. The summed E-state index contributed by atoms with van der Waals surface area (Å²) < 4.78 is 12.8. The second-order valence-corrected chi connectivity index (χ2v) is 5.28. The molecule has 0 aliphatic carbocycles. The molecule has 0 fully saturated rings. The first kappa shape index (κ1) is 17.3. The molecule has 0 radical (unpaired) electrons. The van der Waals surface area contributed by atoms with Crippen molar-refractivity contribution in [1.82, 2.24) is 5.32 Å². The van der Waals surface area contributed by atoms with Gasteiger partial charge in [-0.05, 0) is 37.1 Å². The number of halogens is 1. The van der Waals surface area contributed by atoms with Crippen molar-refractivity contribution >= 4 is 11.7 Å². The summed E-state index contributed by atoms with van der Waals surface area (Å²) in [6.07, 6.45) is 1.77. The molecular weight excluding hydrogens is 271 g/mol. The van der Waals surface area contributed by atoms with Gasteiger partial charge in [0.25, 0.3) is 0 Å². The highest BCUT2D eigenvalue weighted by molar-refractivity contribution is 5.97. The summed E-state index contributed by atoms with van der Waals surface area (Å²) in [5.41, 5.74) is 6.11. The van der Waals surface area contributed by atoms with Gasteiger partial charge in [-0.25, -0.2) is 4.39 Å². The van der Waals surface area contributed by atoms with E-state index in [4.69, 9.17) is 5.73 Å². The molecule has 0 atom stereocenters. The Kier molecular flexibility index (Phi) is 6.49. The van der Waals surface area contributed by atoms with Gasteiger partial charge in [0, 0.05) is 30.5 Å². The summed E-state index contributed by atoms with van der Waals surface area (Å²) in [4.78, 5) is 23.6. The predicted molar refractivity (Wildman–Crippen MR) is 80.5 cm³/mol. The van der Waals surface area contributed by atoms with Crippen LogP contribution in [-0.2, 0) is 4.79 Å². The first-order valence-electron chi connectivity index (χ1n) is 7.24. The van der Waals surface area contributed by atoms with Crippen LogP contribution < -0.4 is 11.1 Å². The fraction of sp³-hybridized carbons (Fsp3) is 0.500. The Labute approximate surface area is 124 Å². The van der Waals surface area contributed by atoms with Gasteiger partial charge >= 0.3 is 0 Å². The fourth-order valence-corrected chi connectivity index (χ4v) is 1.87. The number of ketones is 1. The van der Waals surface area contributed by atoms with Crippen molar-refractivity contribution in [3.05, 3.63) is 35.6 Å². The van der Waals surface area contributed by atoms with Crippen LogP contribution in [0.15, 0.2) is 24.3 Å². The lowest BCUT2D eigenvalue weighted by atomic mass is 9.94. The van der Waals surface area contributed by atoms with Crippen LogP contribution in [0.4, 0.5) is 4.39 Å². The molecule has 4 nitrogen and oxygen atoms in total. The summed E-state index contributed by atoms with van der Waals surface area (Å²) >= 11 is 0. The van der Waals surface area contributed by atoms with Crippen LogP contribution in [0.2, 0.25) is 0 Å². The molecule has 0 saturated heterocycles. The molecule has 0 spiro atoms. The summed E-state index contributed by atoms with van der Waals surface area (Å²) in [5, 5.41) is 2.76. The van der Waals surface area contributed by atoms with Gasteiger partial charge in [-0.15, -0.1) is 0 Å². The van der Waals surface area contributed by atoms with Crippen molar-refractivity contribution in [3.63, 3.8) is 0 Å². The number of carbonyl (C=O) groups excluding carboxylic acids is 2. The molecular formula is C16H23FN2O2. The van der Waals surface area contributed by atoms with Gasteiger partial charge in [-0.1, -0.05) is 13.8 Å². The number of rotatable bonds is 8. The lowest BCUT2D eigenvalue weighted by Crippen LogP contribution is -2.49. The molecule has 0 bridgehead atoms. The number of amides is 1. The average molecular weight is 294 g/mol. The molecule has 1 aromatic carbocycles. The Bertz CT molecular complexity index is 482. The normalized spacial score (nSPS) is 11.2. The van der Waals surface area contributed by atoms with Gasteiger partial charge in [0.05, 0.1) is 0 Å². The second kappa shape index (κ2) is 7.88. The summed E-state index contributed by atoms with van der Waals surface area (Å²) in [6, 6.07) is 5.32. The van der Waals surface area contributed by atoms with E-state index >= 15 is 0 Å². The number of benzene rings is 1. The predicted octanol–water partition coefficient (Wildman–Crippen LogP) is 2.42. The number of hydrogen-bond donors (Lipinski definition) is 2. The van der Waals surface area contributed by atoms with Gasteiger partial charge in [-0.3, -0.25) is 9.59 Å². The molecule has 5 heteroatoms. The Hall–Kier alpha value is -1.75. The first-order valence-corrected chi connectivity index (χ1v) is 7.24. The van der Waals surface area contributed by atoms with E-state index in [9.17, 15) is 14.0 Å². The largest absolute Gasteiger partial charge is 0.354 e. The maximum atomic E-state index is 12.8. The van der Waals surface area contributed by atoms with E-state index in [-0.39, 0.29) is 30.3 Å². The molecule has 1 rings (SSSR count). The number of hydrogen-bond acceptors (Lipinski definition) is 3. The third-order valence-corrected chi connectivity index (χ3v) is 3.79. The fourth-order valence-electron chi connectivity index (χ4n) is 1.87. The highest BCUT2D eigenvalue weighted by Gasteiger charge is 2.21. The molecule has 1 amide bonds. The maximum Gasteiger partial charge on any atom is 0.220 e. The van der Waals surface area contributed by atoms with Crippen molar-refractivity contribution < 1.29 is 14.0 Å². The van der Waals surface area contributed by atoms with Crippen LogP contribution >= 0.6 is 0 Å². The van der Waals surface area contributed by atoms with Gasteiger partial charge in [0.2, 0.25) is 5.91 Å². The zero-order chi connectivity index (χ0) is 15.9. The van der Waals surface area contributed by atoms with Crippen molar-refractivity contribution in [2.45, 2.75) is 45.1 Å². The van der Waals surface area contributed by atoms with Crippen molar-refractivity contribution in [2.24, 2.45) is 5.73 Å². The number of nitrogens with one attached hydrogen (secondary N) is 1. The zero-order valence-corrected chi connectivity index (χ0v) is 12.6. The van der Waals surface area contributed by atoms with E-state index in [1.54, 1.807) is 0 Å². The molecule has 21 heavy (non-hydrogen) atoms. The molecule has 0 heterocycles. The van der Waals surface area contributed by atoms with E-state index in [0.29, 0.717) is 12.1 Å². The SMILES string of the molecule is CCC(N)(CC)CNC(=O)CCC(=O)c1ccc(F)cc1. The van der Waals surface area contributed by atoms with E-state index in [0.717, 1.165) is 12.8 Å². The highest BCUT2D eigenvalue weighted by atomic mass is 19.1. The van der Waals surface area contributed by atoms with Gasteiger partial charge in [0.1, 0.15) is 5.82 Å². The minimum absolute atomic E-state index is 0.104. The van der Waals surface area contributed by atoms with E-state index in [2.05, 4.69) is 5.32 Å². The standard InChI is InChI=1S/C16H23FN2O2/c1-3-16(18,4-2)11-19-15(21)10-9-14(20)12-5-7-13(17)8-6-12/h5-8H,3-4,9-11,18H2,1-2H3,(H,19,21). The van der Waals surface area contributed by atoms with Gasteiger partial charge in [0.15, 0.2) is 5.78 Å². The summed E-state index contributed by atoms with van der Waals surface area (Å²) in [6.45, 7) is 4.37. The Morgan fingerprint density at radius 3 is 2.24 bits per heavy atom. The minimum Gasteiger partial charge on any atom is -0.354 e. The van der Waals surface area contributed by atoms with Crippen LogP contribution in [0.1, 0.15) is 49.9 Å². The molecule has 3 N–H and O–H groups in total. The van der Waals surface area contributed by atoms with Crippen molar-refractivity contribution in [1.29, 1.82) is 0 Å². The smallest absolute Gasteiger partial charge is 0.220 e. The summed E-state index contributed by atoms with van der Waals surface area (Å²) in [5.74, 6) is -0.750. The number of Topliss-reactive ketones (excluding diaryl/α,β-unsaturated/α-hetero) is 1. The van der Waals surface area contributed by atoms with E-state index in [1.165, 1.54) is 24.3 Å². The quantitative estimate of drug-likeness (QED) is 0.723. The monoisotopic (exact) mass is 294 g/mol. The molecule has 0 unspecified atom stereocenters. The van der Waals surface area contributed by atoms with Crippen LogP contribution in [0, 0.1) is 5.82 Å². The van der Waals surface area contributed by atoms with Gasteiger partial charge < -0.3 is 11.1 Å². The summed E-state index contributed by atoms with van der Waals surface area (Å²) in [7, 11) is 0.